The van der Waals surface area contributed by atoms with E-state index in [1.165, 1.54) is 83.5 Å². The van der Waals surface area contributed by atoms with Gasteiger partial charge in [-0.2, -0.15) is 0 Å². The molecule has 0 saturated heterocycles. The van der Waals surface area contributed by atoms with E-state index in [-0.39, 0.29) is 103 Å². The summed E-state index contributed by atoms with van der Waals surface area (Å²) in [5, 5.41) is 23.9. The summed E-state index contributed by atoms with van der Waals surface area (Å²) >= 11 is 0. The first-order valence-electron chi connectivity index (χ1n) is 11.2. The summed E-state index contributed by atoms with van der Waals surface area (Å²) in [5.74, 6) is -2.75. The number of carbonyl (C=O) groups excluding carboxylic acids is 2. The molecule has 0 aliphatic rings. The van der Waals surface area contributed by atoms with Crippen LogP contribution in [0.25, 0.3) is 0 Å². The third kappa shape index (κ3) is 28.1. The average Bonchev–Trinajstić information content (AvgIpc) is 2.62. The second-order valence-electron chi connectivity index (χ2n) is 7.71. The van der Waals surface area contributed by atoms with Gasteiger partial charge < -0.3 is 25.1 Å². The summed E-state index contributed by atoms with van der Waals surface area (Å²) in [6.07, 6.45) is 20.1. The Morgan fingerprint density at radius 1 is 0.655 bits per heavy atom. The van der Waals surface area contributed by atoms with Gasteiger partial charge in [0.2, 0.25) is 0 Å². The van der Waals surface area contributed by atoms with E-state index >= 15 is 0 Å². The van der Waals surface area contributed by atoms with Gasteiger partial charge in [0, 0.05) is 12.4 Å². The molecular formula is C22H41K2NO4. The number of carbonyl (C=O) groups is 2. The number of aliphatic carboxylic acids is 2. The van der Waals surface area contributed by atoms with Crippen molar-refractivity contribution in [2.45, 2.75) is 122 Å². The molecule has 0 heterocycles. The van der Waals surface area contributed by atoms with Crippen LogP contribution in [-0.2, 0) is 9.59 Å². The van der Waals surface area contributed by atoms with E-state index in [2.05, 4.69) is 12.2 Å². The van der Waals surface area contributed by atoms with Gasteiger partial charge in [-0.3, -0.25) is 0 Å². The first kappa shape index (κ1) is 35.8. The summed E-state index contributed by atoms with van der Waals surface area (Å²) in [6, 6.07) is -1.15. The van der Waals surface area contributed by atoms with E-state index in [4.69, 9.17) is 0 Å². The van der Waals surface area contributed by atoms with Crippen LogP contribution in [0.5, 0.6) is 0 Å². The third-order valence-electron chi connectivity index (χ3n) is 5.08. The molecular weight excluding hydrogens is 420 g/mol. The van der Waals surface area contributed by atoms with Gasteiger partial charge in [-0.25, -0.2) is 0 Å². The number of hydrogen-bond acceptors (Lipinski definition) is 5. The molecule has 0 aliphatic heterocycles. The molecule has 7 heteroatoms. The molecule has 1 atom stereocenters. The van der Waals surface area contributed by atoms with E-state index in [9.17, 15) is 19.8 Å². The molecule has 0 aromatic rings. The summed E-state index contributed by atoms with van der Waals surface area (Å²) in [7, 11) is 0. The largest absolute Gasteiger partial charge is 1.00 e. The Balaban J connectivity index is -0.00000338. The Bertz CT molecular complexity index is 371. The molecule has 0 spiro atoms. The average molecular weight is 462 g/mol. The van der Waals surface area contributed by atoms with Gasteiger partial charge in [0.15, 0.2) is 0 Å². The van der Waals surface area contributed by atoms with Crippen molar-refractivity contribution in [3.8, 4) is 0 Å². The van der Waals surface area contributed by atoms with Crippen molar-refractivity contribution < 1.29 is 123 Å². The molecule has 0 saturated carbocycles. The minimum absolute atomic E-state index is 0. The standard InChI is InChI=1S/C22H43NO4.2K/c1-2-3-4-5-6-7-8-9-10-11-12-13-14-15-16-17-18-23-20(22(26)27)19-21(24)25;;/h20,23H,2-19H2,1H3,(H,24,25)(H,26,27);;/q;2*+1/p-2/t20-;;/m0../s1. The molecule has 0 unspecified atom stereocenters. The summed E-state index contributed by atoms with van der Waals surface area (Å²) in [6.45, 7) is 2.76. The van der Waals surface area contributed by atoms with Gasteiger partial charge >= 0.3 is 103 Å². The zero-order valence-electron chi connectivity index (χ0n) is 19.4. The number of rotatable bonds is 21. The van der Waals surface area contributed by atoms with E-state index in [0.717, 1.165) is 19.3 Å². The van der Waals surface area contributed by atoms with Gasteiger partial charge in [-0.15, -0.1) is 0 Å². The minimum Gasteiger partial charge on any atom is -0.550 e. The molecule has 5 nitrogen and oxygen atoms in total. The third-order valence-corrected chi connectivity index (χ3v) is 5.08. The van der Waals surface area contributed by atoms with E-state index < -0.39 is 24.4 Å². The summed E-state index contributed by atoms with van der Waals surface area (Å²) in [4.78, 5) is 21.2. The van der Waals surface area contributed by atoms with Gasteiger partial charge in [0.25, 0.3) is 0 Å². The first-order chi connectivity index (χ1) is 13.1. The fourth-order valence-corrected chi connectivity index (χ4v) is 3.35. The molecule has 0 radical (unpaired) electrons. The van der Waals surface area contributed by atoms with Crippen LogP contribution in [0.15, 0.2) is 0 Å². The second kappa shape index (κ2) is 28.2. The predicted octanol–water partition coefficient (Wildman–Crippen LogP) is -2.90. The predicted molar refractivity (Wildman–Crippen MR) is 106 cm³/mol. The van der Waals surface area contributed by atoms with Crippen LogP contribution in [-0.4, -0.2) is 24.5 Å². The van der Waals surface area contributed by atoms with Crippen molar-refractivity contribution in [3.63, 3.8) is 0 Å². The quantitative estimate of drug-likeness (QED) is 0.146. The van der Waals surface area contributed by atoms with Crippen LogP contribution in [0.4, 0.5) is 0 Å². The molecule has 0 bridgehead atoms. The summed E-state index contributed by atoms with van der Waals surface area (Å²) in [5.41, 5.74) is 0. The molecule has 0 fully saturated rings. The molecule has 0 aromatic heterocycles. The van der Waals surface area contributed by atoms with Gasteiger partial charge in [0.1, 0.15) is 0 Å². The maximum absolute atomic E-state index is 10.8. The molecule has 1 N–H and O–H groups in total. The topological polar surface area (TPSA) is 92.3 Å². The number of carboxylic acids is 2. The molecule has 0 aliphatic carbocycles. The maximum Gasteiger partial charge on any atom is 1.00 e. The Kier molecular flexibility index (Phi) is 34.8. The molecule has 0 amide bonds. The van der Waals surface area contributed by atoms with Gasteiger partial charge in [-0.1, -0.05) is 103 Å². The van der Waals surface area contributed by atoms with Gasteiger partial charge in [-0.05, 0) is 13.0 Å². The van der Waals surface area contributed by atoms with Crippen molar-refractivity contribution in [2.75, 3.05) is 6.54 Å². The van der Waals surface area contributed by atoms with Crippen molar-refractivity contribution >= 4 is 11.9 Å². The fraction of sp³-hybridized carbons (Fsp3) is 0.909. The monoisotopic (exact) mass is 461 g/mol. The zero-order chi connectivity index (χ0) is 20.2. The number of nitrogens with one attached hydrogen (secondary N) is 1. The van der Waals surface area contributed by atoms with Crippen LogP contribution >= 0.6 is 0 Å². The van der Waals surface area contributed by atoms with Crippen LogP contribution in [0.1, 0.15) is 116 Å². The Hall–Kier alpha value is 2.17. The Morgan fingerprint density at radius 2 is 1.00 bits per heavy atom. The SMILES string of the molecule is CCCCCCCCCCCCCCCCCCN[C@@H](CC(=O)[O-])C(=O)[O-].[K+].[K+]. The smallest absolute Gasteiger partial charge is 0.550 e. The van der Waals surface area contributed by atoms with Crippen molar-refractivity contribution in [3.05, 3.63) is 0 Å². The van der Waals surface area contributed by atoms with E-state index in [1.54, 1.807) is 0 Å². The zero-order valence-corrected chi connectivity index (χ0v) is 25.7. The van der Waals surface area contributed by atoms with Crippen molar-refractivity contribution in [1.82, 2.24) is 5.32 Å². The minimum atomic E-state index is -1.38. The number of carboxylic acid groups (broad SMARTS) is 2. The van der Waals surface area contributed by atoms with Crippen LogP contribution in [0, 0.1) is 0 Å². The molecule has 0 aromatic carbocycles. The van der Waals surface area contributed by atoms with Crippen LogP contribution in [0.3, 0.4) is 0 Å². The van der Waals surface area contributed by atoms with E-state index in [0.29, 0.717) is 6.54 Å². The summed E-state index contributed by atoms with van der Waals surface area (Å²) < 4.78 is 0. The second-order valence-corrected chi connectivity index (χ2v) is 7.71. The fourth-order valence-electron chi connectivity index (χ4n) is 3.35. The van der Waals surface area contributed by atoms with E-state index in [1.807, 2.05) is 0 Å². The Labute approximate surface area is 264 Å². The normalized spacial score (nSPS) is 11.3. The van der Waals surface area contributed by atoms with Crippen molar-refractivity contribution in [1.29, 1.82) is 0 Å². The Morgan fingerprint density at radius 3 is 1.31 bits per heavy atom. The molecule has 160 valence electrons. The number of hydrogen-bond donors (Lipinski definition) is 1. The van der Waals surface area contributed by atoms with Crippen molar-refractivity contribution in [2.24, 2.45) is 0 Å². The van der Waals surface area contributed by atoms with Gasteiger partial charge in [0.05, 0.1) is 12.0 Å². The van der Waals surface area contributed by atoms with Crippen LogP contribution in [0.2, 0.25) is 0 Å². The molecule has 29 heavy (non-hydrogen) atoms. The van der Waals surface area contributed by atoms with Crippen LogP contribution < -0.4 is 118 Å². The molecule has 0 rings (SSSR count). The number of unbranched alkanes of at least 4 members (excludes halogenated alkanes) is 15. The maximum atomic E-state index is 10.8. The first-order valence-corrected chi connectivity index (χ1v) is 11.2.